The highest BCUT2D eigenvalue weighted by molar-refractivity contribution is 5.52. The molecule has 3 heterocycles. The van der Waals surface area contributed by atoms with Gasteiger partial charge in [-0.2, -0.15) is 0 Å². The van der Waals surface area contributed by atoms with Crippen molar-refractivity contribution in [2.75, 3.05) is 27.9 Å². The SMILES string of the molecule is C=CC(OC)OC.CCC(C)C(C)C.CCC(C)C(C)OC(C)C(C)CC.CCC(C)C=O.CCC1CC(C)C(C)OC1C.CCC1CC2CC(C)C(C)OC2OC1C.CCCCOC. The summed E-state index contributed by atoms with van der Waals surface area (Å²) in [6.45, 7) is 50.7. The molecular formula is C57H118O8. The van der Waals surface area contributed by atoms with E-state index in [9.17, 15) is 4.79 Å². The molecule has 0 spiro atoms. The first-order valence-corrected chi connectivity index (χ1v) is 26.8. The molecule has 3 saturated heterocycles. The summed E-state index contributed by atoms with van der Waals surface area (Å²) >= 11 is 0. The lowest BCUT2D eigenvalue weighted by atomic mass is 9.79. The van der Waals surface area contributed by atoms with E-state index in [1.54, 1.807) is 27.4 Å². The Balaban J connectivity index is -0.000000345. The number of carbonyl (C=O) groups excluding carboxylic acids is 1. The van der Waals surface area contributed by atoms with Crippen molar-refractivity contribution in [1.29, 1.82) is 0 Å². The molecule has 0 aromatic carbocycles. The monoisotopic (exact) mass is 931 g/mol. The first-order chi connectivity index (χ1) is 30.5. The molecule has 3 aliphatic heterocycles. The zero-order valence-corrected chi connectivity index (χ0v) is 48.0. The second-order valence-electron chi connectivity index (χ2n) is 20.2. The average molecular weight is 932 g/mol. The van der Waals surface area contributed by atoms with Crippen molar-refractivity contribution < 1.29 is 38.0 Å². The maximum absolute atomic E-state index is 9.74. The number of methoxy groups -OCH3 is 3. The summed E-state index contributed by atoms with van der Waals surface area (Å²) in [6.07, 6.45) is 18.4. The van der Waals surface area contributed by atoms with E-state index >= 15 is 0 Å². The highest BCUT2D eigenvalue weighted by Crippen LogP contribution is 2.40. The molecule has 0 N–H and O–H groups in total. The van der Waals surface area contributed by atoms with Crippen LogP contribution in [0.15, 0.2) is 12.7 Å². The summed E-state index contributed by atoms with van der Waals surface area (Å²) in [6, 6.07) is 0. The molecular weight excluding hydrogens is 813 g/mol. The molecule has 3 rings (SSSR count). The Morgan fingerprint density at radius 2 is 1.02 bits per heavy atom. The minimum atomic E-state index is -0.250. The maximum atomic E-state index is 9.74. The predicted molar refractivity (Wildman–Crippen MR) is 282 cm³/mol. The molecule has 0 radical (unpaired) electrons. The third kappa shape index (κ3) is 35.0. The number of aldehydes is 1. The van der Waals surface area contributed by atoms with Gasteiger partial charge in [0.25, 0.3) is 0 Å². The van der Waals surface area contributed by atoms with Gasteiger partial charge in [-0.05, 0) is 127 Å². The van der Waals surface area contributed by atoms with E-state index in [-0.39, 0.29) is 18.5 Å². The Morgan fingerprint density at radius 1 is 0.585 bits per heavy atom. The van der Waals surface area contributed by atoms with Gasteiger partial charge in [0.2, 0.25) is 0 Å². The van der Waals surface area contributed by atoms with Crippen molar-refractivity contribution in [1.82, 2.24) is 0 Å². The molecule has 8 nitrogen and oxygen atoms in total. The standard InChI is InChI=1S/C13H24O2.C12H26O.C10H20O.C7H16.C5H10O2.C5H10O.C5H12O/c1-5-11-7-12-6-8(2)9(3)14-13(12)15-10(11)4;1-7-9(3)11(5)13-12(6)10(4)8-2;1-5-10-6-7(2)8(3)11-9(10)4;1-5-7(4)6(2)3;1-4-5(6-2)7-3;1-3-5(2)4-6;1-3-4-5-6-2/h8-13H,5-7H2,1-4H3;9-12H,7-8H2,1-6H3;7-10H,5-6H2,1-4H3;6-7H,5H2,1-4H3;4-5H,1H2,2-3H3;4-5H,3H2,1-2H3;3-5H2,1-2H3. The van der Waals surface area contributed by atoms with Crippen LogP contribution in [0.3, 0.4) is 0 Å². The van der Waals surface area contributed by atoms with Crippen LogP contribution in [0, 0.1) is 59.2 Å². The molecule has 0 saturated carbocycles. The molecule has 0 aromatic rings. The van der Waals surface area contributed by atoms with Gasteiger partial charge in [-0.25, -0.2) is 0 Å². The molecule has 8 heteroatoms. The van der Waals surface area contributed by atoms with Crippen molar-refractivity contribution in [3.8, 4) is 0 Å². The number of carbonyl (C=O) groups is 1. The second kappa shape index (κ2) is 44.3. The van der Waals surface area contributed by atoms with Crippen molar-refractivity contribution in [3.05, 3.63) is 12.7 Å². The van der Waals surface area contributed by atoms with Gasteiger partial charge in [0.1, 0.15) is 6.29 Å². The van der Waals surface area contributed by atoms with E-state index in [1.165, 1.54) is 64.2 Å². The van der Waals surface area contributed by atoms with Crippen LogP contribution in [-0.4, -0.2) is 83.4 Å². The average Bonchev–Trinajstić information content (AvgIpc) is 3.30. The molecule has 16 atom stereocenters. The fraction of sp³-hybridized carbons (Fsp3) is 0.947. The second-order valence-corrected chi connectivity index (χ2v) is 20.2. The van der Waals surface area contributed by atoms with Crippen LogP contribution in [0.4, 0.5) is 0 Å². The van der Waals surface area contributed by atoms with Crippen LogP contribution in [0.1, 0.15) is 216 Å². The number of ether oxygens (including phenoxy) is 7. The number of fused-ring (bicyclic) bond motifs is 1. The third-order valence-electron chi connectivity index (χ3n) is 14.8. The molecule has 394 valence electrons. The molecule has 3 aliphatic rings. The van der Waals surface area contributed by atoms with Gasteiger partial charge in [0.15, 0.2) is 12.6 Å². The minimum absolute atomic E-state index is 0.0778. The molecule has 0 bridgehead atoms. The Labute approximate surface area is 407 Å². The van der Waals surface area contributed by atoms with Crippen LogP contribution in [-0.2, 0) is 38.0 Å². The van der Waals surface area contributed by atoms with E-state index in [4.69, 9.17) is 33.2 Å². The highest BCUT2D eigenvalue weighted by Gasteiger charge is 2.41. The van der Waals surface area contributed by atoms with Crippen LogP contribution in [0.5, 0.6) is 0 Å². The highest BCUT2D eigenvalue weighted by atomic mass is 16.7. The topological polar surface area (TPSA) is 81.7 Å². The van der Waals surface area contributed by atoms with Crippen LogP contribution in [0.2, 0.25) is 0 Å². The van der Waals surface area contributed by atoms with Crippen molar-refractivity contribution in [2.24, 2.45) is 59.2 Å². The lowest BCUT2D eigenvalue weighted by molar-refractivity contribution is -0.278. The van der Waals surface area contributed by atoms with Crippen LogP contribution in [0.25, 0.3) is 0 Å². The van der Waals surface area contributed by atoms with Crippen LogP contribution >= 0.6 is 0 Å². The van der Waals surface area contributed by atoms with E-state index in [2.05, 4.69) is 138 Å². The van der Waals surface area contributed by atoms with Crippen molar-refractivity contribution in [3.63, 3.8) is 0 Å². The molecule has 16 unspecified atom stereocenters. The van der Waals surface area contributed by atoms with Crippen molar-refractivity contribution >= 4 is 6.29 Å². The van der Waals surface area contributed by atoms with Gasteiger partial charge in [0, 0.05) is 39.8 Å². The number of unbranched alkanes of at least 4 members (excludes halogenated alkanes) is 1. The summed E-state index contributed by atoms with van der Waals surface area (Å²) in [5.41, 5.74) is 0. The van der Waals surface area contributed by atoms with E-state index in [0.717, 1.165) is 48.9 Å². The summed E-state index contributed by atoms with van der Waals surface area (Å²) < 4.78 is 37.9. The fourth-order valence-corrected chi connectivity index (χ4v) is 7.35. The maximum Gasteiger partial charge on any atom is 0.175 e. The Morgan fingerprint density at radius 3 is 1.32 bits per heavy atom. The Kier molecular flexibility index (Phi) is 48.2. The zero-order valence-electron chi connectivity index (χ0n) is 48.0. The minimum Gasteiger partial charge on any atom is -0.385 e. The smallest absolute Gasteiger partial charge is 0.175 e. The zero-order chi connectivity index (χ0) is 51.2. The molecule has 0 aliphatic carbocycles. The number of hydrogen-bond acceptors (Lipinski definition) is 8. The summed E-state index contributed by atoms with van der Waals surface area (Å²) in [5.74, 6) is 6.96. The van der Waals surface area contributed by atoms with Gasteiger partial charge < -0.3 is 38.0 Å². The predicted octanol–water partition coefficient (Wildman–Crippen LogP) is 16.1. The van der Waals surface area contributed by atoms with E-state index in [1.807, 2.05) is 13.8 Å². The normalized spacial score (nSPS) is 28.5. The van der Waals surface area contributed by atoms with Gasteiger partial charge in [-0.1, -0.05) is 149 Å². The molecule has 0 aromatic heterocycles. The fourth-order valence-electron chi connectivity index (χ4n) is 7.35. The Bertz CT molecular complexity index is 1000. The summed E-state index contributed by atoms with van der Waals surface area (Å²) in [7, 11) is 4.86. The lowest BCUT2D eigenvalue weighted by Gasteiger charge is -2.46. The first kappa shape index (κ1) is 70.7. The molecule has 65 heavy (non-hydrogen) atoms. The third-order valence-corrected chi connectivity index (χ3v) is 14.8. The molecule has 0 amide bonds. The van der Waals surface area contributed by atoms with Gasteiger partial charge in [0.05, 0.1) is 36.6 Å². The largest absolute Gasteiger partial charge is 0.385 e. The first-order valence-electron chi connectivity index (χ1n) is 26.8. The summed E-state index contributed by atoms with van der Waals surface area (Å²) in [4.78, 5) is 9.74. The number of rotatable bonds is 18. The van der Waals surface area contributed by atoms with Gasteiger partial charge in [-0.3, -0.25) is 0 Å². The van der Waals surface area contributed by atoms with Crippen molar-refractivity contribution in [2.45, 2.75) is 265 Å². The lowest BCUT2D eigenvalue weighted by Crippen LogP contribution is -2.47. The summed E-state index contributed by atoms with van der Waals surface area (Å²) in [5, 5.41) is 0. The molecule has 3 fully saturated rings. The van der Waals surface area contributed by atoms with E-state index in [0.29, 0.717) is 60.3 Å². The van der Waals surface area contributed by atoms with Gasteiger partial charge >= 0.3 is 0 Å². The van der Waals surface area contributed by atoms with E-state index < -0.39 is 0 Å². The van der Waals surface area contributed by atoms with Crippen LogP contribution < -0.4 is 0 Å². The number of hydrogen-bond donors (Lipinski definition) is 0. The van der Waals surface area contributed by atoms with Gasteiger partial charge in [-0.15, -0.1) is 0 Å². The Hall–Kier alpha value is -0.870. The quantitative estimate of drug-likeness (QED) is 0.0582.